The molecule has 1 saturated carbocycles. The molecule has 2 fully saturated rings. The van der Waals surface area contributed by atoms with Gasteiger partial charge in [0.05, 0.1) is 6.20 Å². The van der Waals surface area contributed by atoms with E-state index >= 15 is 0 Å². The lowest BCUT2D eigenvalue weighted by molar-refractivity contribution is 0.0996. The average molecular weight is 395 g/mol. The summed E-state index contributed by atoms with van der Waals surface area (Å²) < 4.78 is 0. The molecule has 0 spiro atoms. The zero-order valence-corrected chi connectivity index (χ0v) is 16.9. The first-order chi connectivity index (χ1) is 14.1. The maximum absolute atomic E-state index is 11.9. The summed E-state index contributed by atoms with van der Waals surface area (Å²) in [5, 5.41) is 3.25. The van der Waals surface area contributed by atoms with E-state index in [1.165, 1.54) is 24.8 Å². The van der Waals surface area contributed by atoms with Gasteiger partial charge < -0.3 is 21.7 Å². The molecule has 0 bridgehead atoms. The van der Waals surface area contributed by atoms with Crippen molar-refractivity contribution in [1.29, 1.82) is 0 Å². The van der Waals surface area contributed by atoms with Crippen LogP contribution in [0.4, 0.5) is 17.3 Å². The molecule has 7 nitrogen and oxygen atoms in total. The second-order valence-electron chi connectivity index (χ2n) is 8.23. The third-order valence-corrected chi connectivity index (χ3v) is 6.38. The van der Waals surface area contributed by atoms with Crippen LogP contribution in [0, 0.1) is 0 Å². The van der Waals surface area contributed by atoms with Crippen LogP contribution in [-0.4, -0.2) is 35.5 Å². The first-order valence-electron chi connectivity index (χ1n) is 10.6. The Kier molecular flexibility index (Phi) is 5.67. The molecule has 1 saturated heterocycles. The minimum Gasteiger partial charge on any atom is -0.364 e. The van der Waals surface area contributed by atoms with Gasteiger partial charge >= 0.3 is 0 Å². The van der Waals surface area contributed by atoms with E-state index in [4.69, 9.17) is 11.5 Å². The number of nitrogens with zero attached hydrogens (tertiary/aromatic N) is 3. The predicted molar refractivity (Wildman–Crippen MR) is 116 cm³/mol. The maximum atomic E-state index is 11.9. The predicted octanol–water partition coefficient (Wildman–Crippen LogP) is 3.08. The summed E-state index contributed by atoms with van der Waals surface area (Å²) in [5.74, 6) is 0.597. The van der Waals surface area contributed by atoms with E-state index in [1.807, 2.05) is 12.1 Å². The molecule has 2 aliphatic rings. The van der Waals surface area contributed by atoms with Gasteiger partial charge in [-0.25, -0.2) is 9.97 Å². The van der Waals surface area contributed by atoms with Crippen molar-refractivity contribution in [2.45, 2.75) is 50.4 Å². The fourth-order valence-electron chi connectivity index (χ4n) is 4.63. The highest BCUT2D eigenvalue weighted by molar-refractivity contribution is 5.96. The Balaban J connectivity index is 1.58. The third kappa shape index (κ3) is 4.05. The Morgan fingerprint density at radius 1 is 1.07 bits per heavy atom. The Hall–Kier alpha value is -2.67. The number of nitrogens with two attached hydrogens (primary N) is 2. The zero-order valence-electron chi connectivity index (χ0n) is 16.9. The number of piperidine rings is 1. The molecule has 1 amide bonds. The number of hydrogen-bond donors (Lipinski definition) is 3. The number of primary amides is 1. The number of amides is 1. The SMILES string of the molecule is NCC1(c2ccc(Nc3nc(N4CCCCC4)cnc3C(N)=O)cc2)CCCC1. The van der Waals surface area contributed by atoms with Crippen LogP contribution in [0.3, 0.4) is 0 Å². The number of nitrogens with one attached hydrogen (secondary N) is 1. The molecule has 0 radical (unpaired) electrons. The lowest BCUT2D eigenvalue weighted by Gasteiger charge is -2.28. The summed E-state index contributed by atoms with van der Waals surface area (Å²) >= 11 is 0. The van der Waals surface area contributed by atoms with Crippen LogP contribution in [-0.2, 0) is 5.41 Å². The summed E-state index contributed by atoms with van der Waals surface area (Å²) in [6.45, 7) is 2.59. The van der Waals surface area contributed by atoms with Gasteiger partial charge in [0.25, 0.3) is 5.91 Å². The van der Waals surface area contributed by atoms with Crippen molar-refractivity contribution < 1.29 is 4.79 Å². The van der Waals surface area contributed by atoms with E-state index < -0.39 is 5.91 Å². The van der Waals surface area contributed by atoms with Gasteiger partial charge in [0, 0.05) is 30.7 Å². The average Bonchev–Trinajstić information content (AvgIpc) is 3.25. The van der Waals surface area contributed by atoms with E-state index in [1.54, 1.807) is 6.20 Å². The molecular weight excluding hydrogens is 364 g/mol. The van der Waals surface area contributed by atoms with Crippen molar-refractivity contribution in [3.8, 4) is 0 Å². The van der Waals surface area contributed by atoms with Crippen molar-refractivity contribution in [3.63, 3.8) is 0 Å². The molecule has 1 aliphatic heterocycles. The highest BCUT2D eigenvalue weighted by atomic mass is 16.1. The largest absolute Gasteiger partial charge is 0.364 e. The molecule has 7 heteroatoms. The number of carbonyl (C=O) groups is 1. The molecule has 5 N–H and O–H groups in total. The van der Waals surface area contributed by atoms with Crippen molar-refractivity contribution in [3.05, 3.63) is 41.7 Å². The molecule has 29 heavy (non-hydrogen) atoms. The van der Waals surface area contributed by atoms with Crippen LogP contribution in [0.15, 0.2) is 30.5 Å². The van der Waals surface area contributed by atoms with Gasteiger partial charge in [-0.05, 0) is 49.8 Å². The van der Waals surface area contributed by atoms with Crippen LogP contribution < -0.4 is 21.7 Å². The molecule has 1 aromatic heterocycles. The maximum Gasteiger partial charge on any atom is 0.271 e. The summed E-state index contributed by atoms with van der Waals surface area (Å²) in [5.41, 5.74) is 14.0. The van der Waals surface area contributed by atoms with Crippen LogP contribution >= 0.6 is 0 Å². The van der Waals surface area contributed by atoms with Gasteiger partial charge in [-0.3, -0.25) is 4.79 Å². The minimum atomic E-state index is -0.588. The Morgan fingerprint density at radius 3 is 2.38 bits per heavy atom. The van der Waals surface area contributed by atoms with E-state index in [-0.39, 0.29) is 11.1 Å². The summed E-state index contributed by atoms with van der Waals surface area (Å²) in [6, 6.07) is 8.30. The number of anilines is 3. The van der Waals surface area contributed by atoms with E-state index in [0.29, 0.717) is 12.4 Å². The highest BCUT2D eigenvalue weighted by Crippen LogP contribution is 2.40. The van der Waals surface area contributed by atoms with Crippen LogP contribution in [0.1, 0.15) is 61.0 Å². The van der Waals surface area contributed by atoms with Crippen LogP contribution in [0.2, 0.25) is 0 Å². The molecular formula is C22H30N6O. The smallest absolute Gasteiger partial charge is 0.271 e. The normalized spacial score (nSPS) is 18.6. The second-order valence-corrected chi connectivity index (χ2v) is 8.23. The Morgan fingerprint density at radius 2 is 1.76 bits per heavy atom. The second kappa shape index (κ2) is 8.37. The molecule has 2 heterocycles. The molecule has 1 aromatic carbocycles. The van der Waals surface area contributed by atoms with Crippen molar-refractivity contribution in [2.75, 3.05) is 29.9 Å². The van der Waals surface area contributed by atoms with Crippen molar-refractivity contribution >= 4 is 23.2 Å². The third-order valence-electron chi connectivity index (χ3n) is 6.38. The van der Waals surface area contributed by atoms with E-state index in [0.717, 1.165) is 50.3 Å². The van der Waals surface area contributed by atoms with Crippen LogP contribution in [0.5, 0.6) is 0 Å². The highest BCUT2D eigenvalue weighted by Gasteiger charge is 2.34. The molecule has 2 aromatic rings. The molecule has 0 atom stereocenters. The van der Waals surface area contributed by atoms with Gasteiger partial charge in [-0.2, -0.15) is 0 Å². The number of aromatic nitrogens is 2. The van der Waals surface area contributed by atoms with Crippen molar-refractivity contribution in [1.82, 2.24) is 9.97 Å². The summed E-state index contributed by atoms with van der Waals surface area (Å²) in [4.78, 5) is 23.0. The van der Waals surface area contributed by atoms with Gasteiger partial charge in [-0.15, -0.1) is 0 Å². The Bertz CT molecular complexity index is 854. The van der Waals surface area contributed by atoms with E-state index in [2.05, 4.69) is 32.3 Å². The number of rotatable bonds is 6. The zero-order chi connectivity index (χ0) is 20.3. The minimum absolute atomic E-state index is 0.102. The standard InChI is InChI=1S/C22H30N6O/c23-15-22(10-2-3-11-22)16-6-8-17(9-7-16)26-21-19(20(24)29)25-14-18(27-21)28-12-4-1-5-13-28/h6-9,14H,1-5,10-13,15,23H2,(H2,24,29)(H,26,27). The van der Waals surface area contributed by atoms with Crippen molar-refractivity contribution in [2.24, 2.45) is 11.5 Å². The quantitative estimate of drug-likeness (QED) is 0.694. The van der Waals surface area contributed by atoms with Gasteiger partial charge in [-0.1, -0.05) is 25.0 Å². The molecule has 154 valence electrons. The molecule has 0 unspecified atom stereocenters. The van der Waals surface area contributed by atoms with E-state index in [9.17, 15) is 4.79 Å². The molecule has 1 aliphatic carbocycles. The fourth-order valence-corrected chi connectivity index (χ4v) is 4.63. The topological polar surface area (TPSA) is 110 Å². The Labute approximate surface area is 171 Å². The number of hydrogen-bond acceptors (Lipinski definition) is 6. The number of carbonyl (C=O) groups excluding carboxylic acids is 1. The monoisotopic (exact) mass is 394 g/mol. The van der Waals surface area contributed by atoms with Gasteiger partial charge in [0.15, 0.2) is 11.5 Å². The van der Waals surface area contributed by atoms with Crippen LogP contribution in [0.25, 0.3) is 0 Å². The number of benzene rings is 1. The van der Waals surface area contributed by atoms with Gasteiger partial charge in [0.1, 0.15) is 5.82 Å². The first-order valence-corrected chi connectivity index (χ1v) is 10.6. The molecule has 4 rings (SSSR count). The lowest BCUT2D eigenvalue weighted by atomic mass is 9.79. The first kappa shape index (κ1) is 19.6. The summed E-state index contributed by atoms with van der Waals surface area (Å²) in [6.07, 6.45) is 9.93. The lowest BCUT2D eigenvalue weighted by Crippen LogP contribution is -2.31. The van der Waals surface area contributed by atoms with Gasteiger partial charge in [0.2, 0.25) is 0 Å². The fraction of sp³-hybridized carbons (Fsp3) is 0.500. The summed E-state index contributed by atoms with van der Waals surface area (Å²) in [7, 11) is 0.